The van der Waals surface area contributed by atoms with Gasteiger partial charge in [0.2, 0.25) is 11.1 Å². The fraction of sp³-hybridized carbons (Fsp3) is 0.294. The monoisotopic (exact) mass is 434 g/mol. The van der Waals surface area contributed by atoms with E-state index in [1.165, 1.54) is 11.8 Å². The van der Waals surface area contributed by atoms with Crippen LogP contribution in [0.3, 0.4) is 0 Å². The summed E-state index contributed by atoms with van der Waals surface area (Å²) in [6, 6.07) is 5.59. The Kier molecular flexibility index (Phi) is 6.88. The van der Waals surface area contributed by atoms with Crippen molar-refractivity contribution in [2.45, 2.75) is 29.5 Å². The van der Waals surface area contributed by atoms with Gasteiger partial charge in [-0.2, -0.15) is 5.10 Å². The number of carboxylic acids is 1. The third kappa shape index (κ3) is 5.81. The molecule has 2 aromatic rings. The van der Waals surface area contributed by atoms with Crippen molar-refractivity contribution >= 4 is 46.8 Å². The number of carbonyl (C=O) groups is 2. The maximum absolute atomic E-state index is 11.7. The molecule has 3 N–H and O–H groups in total. The molecule has 0 spiro atoms. The minimum atomic E-state index is -1.04. The van der Waals surface area contributed by atoms with E-state index in [9.17, 15) is 9.59 Å². The maximum atomic E-state index is 11.7. The first kappa shape index (κ1) is 20.9. The largest absolute Gasteiger partial charge is 0.496 e. The molecule has 1 amide bonds. The van der Waals surface area contributed by atoms with Crippen LogP contribution in [-0.4, -0.2) is 55.9 Å². The zero-order chi connectivity index (χ0) is 20.8. The summed E-state index contributed by atoms with van der Waals surface area (Å²) in [5.74, 6) is 0.688. The second-order valence-electron chi connectivity index (χ2n) is 5.91. The lowest BCUT2D eigenvalue weighted by atomic mass is 10.1. The number of nitrogens with zero attached hydrogens (tertiary/aromatic N) is 4. The van der Waals surface area contributed by atoms with Crippen LogP contribution in [0.5, 0.6) is 5.75 Å². The van der Waals surface area contributed by atoms with Gasteiger partial charge in [0, 0.05) is 11.3 Å². The van der Waals surface area contributed by atoms with Gasteiger partial charge < -0.3 is 15.2 Å². The number of aryl methyl sites for hydroxylation is 1. The number of rotatable bonds is 8. The van der Waals surface area contributed by atoms with E-state index in [0.29, 0.717) is 10.9 Å². The van der Waals surface area contributed by atoms with Crippen molar-refractivity contribution < 1.29 is 19.4 Å². The first-order chi connectivity index (χ1) is 13.9. The number of aromatic amines is 1. The van der Waals surface area contributed by atoms with Gasteiger partial charge in [-0.05, 0) is 30.7 Å². The number of ether oxygens (including phenoxy) is 1. The number of H-pyrrole nitrogens is 1. The zero-order valence-corrected chi connectivity index (χ0v) is 17.2. The average molecular weight is 435 g/mol. The average Bonchev–Trinajstić information content (AvgIpc) is 3.25. The zero-order valence-electron chi connectivity index (χ0n) is 15.6. The lowest BCUT2D eigenvalue weighted by molar-refractivity contribution is -0.138. The summed E-state index contributed by atoms with van der Waals surface area (Å²) in [4.78, 5) is 26.7. The summed E-state index contributed by atoms with van der Waals surface area (Å²) >= 11 is 2.53. The normalized spacial score (nSPS) is 17.8. The Bertz CT molecular complexity index is 975. The SMILES string of the molecule is COc1ccc(C=NN=C2NC(=O)C(CC(=O)O)S2)cc1CSc1n[nH]c(C)n1. The molecule has 3 rings (SSSR count). The van der Waals surface area contributed by atoms with Crippen LogP contribution in [0.1, 0.15) is 23.4 Å². The van der Waals surface area contributed by atoms with Crippen LogP contribution < -0.4 is 10.1 Å². The van der Waals surface area contributed by atoms with E-state index < -0.39 is 11.2 Å². The van der Waals surface area contributed by atoms with E-state index >= 15 is 0 Å². The van der Waals surface area contributed by atoms with Crippen molar-refractivity contribution in [2.24, 2.45) is 10.2 Å². The number of benzene rings is 1. The molecule has 1 aromatic heterocycles. The number of carbonyl (C=O) groups excluding carboxylic acids is 1. The molecular weight excluding hydrogens is 416 g/mol. The molecule has 1 saturated heterocycles. The van der Waals surface area contributed by atoms with Crippen LogP contribution in [0, 0.1) is 6.92 Å². The Morgan fingerprint density at radius 1 is 1.48 bits per heavy atom. The summed E-state index contributed by atoms with van der Waals surface area (Å²) in [7, 11) is 1.60. The van der Waals surface area contributed by atoms with Gasteiger partial charge in [0.25, 0.3) is 0 Å². The first-order valence-electron chi connectivity index (χ1n) is 8.43. The molecule has 12 heteroatoms. The third-order valence-electron chi connectivity index (χ3n) is 3.73. The molecule has 0 radical (unpaired) electrons. The number of thioether (sulfide) groups is 2. The predicted molar refractivity (Wildman–Crippen MR) is 110 cm³/mol. The second kappa shape index (κ2) is 9.56. The van der Waals surface area contributed by atoms with Gasteiger partial charge in [0.1, 0.15) is 16.8 Å². The van der Waals surface area contributed by atoms with Gasteiger partial charge >= 0.3 is 5.97 Å². The van der Waals surface area contributed by atoms with Crippen LogP contribution in [0.15, 0.2) is 33.6 Å². The van der Waals surface area contributed by atoms with E-state index in [4.69, 9.17) is 9.84 Å². The van der Waals surface area contributed by atoms with Crippen LogP contribution in [0.4, 0.5) is 0 Å². The van der Waals surface area contributed by atoms with Gasteiger partial charge in [-0.15, -0.1) is 10.2 Å². The molecule has 29 heavy (non-hydrogen) atoms. The van der Waals surface area contributed by atoms with Gasteiger partial charge in [-0.3, -0.25) is 14.7 Å². The Labute approximate surface area is 174 Å². The van der Waals surface area contributed by atoms with E-state index in [1.807, 2.05) is 25.1 Å². The summed E-state index contributed by atoms with van der Waals surface area (Å²) in [5, 5.41) is 26.4. The topological polar surface area (TPSA) is 142 Å². The summed E-state index contributed by atoms with van der Waals surface area (Å²) in [6.45, 7) is 1.84. The summed E-state index contributed by atoms with van der Waals surface area (Å²) in [5.41, 5.74) is 1.75. The number of nitrogens with one attached hydrogen (secondary N) is 2. The number of hydrogen-bond donors (Lipinski definition) is 3. The van der Waals surface area contributed by atoms with Crippen LogP contribution >= 0.6 is 23.5 Å². The number of amides is 1. The molecule has 1 fully saturated rings. The van der Waals surface area contributed by atoms with E-state index in [-0.39, 0.29) is 17.5 Å². The number of aromatic nitrogens is 3. The molecule has 1 aliphatic heterocycles. The number of carboxylic acid groups (broad SMARTS) is 1. The third-order valence-corrected chi connectivity index (χ3v) is 5.70. The molecule has 1 aliphatic rings. The Morgan fingerprint density at radius 3 is 3.00 bits per heavy atom. The Morgan fingerprint density at radius 2 is 2.31 bits per heavy atom. The number of methoxy groups -OCH3 is 1. The standard InChI is InChI=1S/C17H18N6O4S2/c1-9-19-16(23-21-9)28-8-11-5-10(3-4-12(11)27-2)7-18-22-17-20-15(26)13(29-17)6-14(24)25/h3-5,7,13H,6,8H2,1-2H3,(H,24,25)(H,19,21,23)(H,20,22,26). The number of hydrogen-bond acceptors (Lipinski definition) is 9. The Balaban J connectivity index is 1.66. The quantitative estimate of drug-likeness (QED) is 0.324. The number of amidine groups is 1. The van der Waals surface area contributed by atoms with Crippen molar-refractivity contribution in [2.75, 3.05) is 7.11 Å². The highest BCUT2D eigenvalue weighted by Gasteiger charge is 2.32. The molecule has 1 aromatic carbocycles. The van der Waals surface area contributed by atoms with Crippen LogP contribution in [-0.2, 0) is 15.3 Å². The highest BCUT2D eigenvalue weighted by Crippen LogP contribution is 2.27. The second-order valence-corrected chi connectivity index (χ2v) is 8.04. The lowest BCUT2D eigenvalue weighted by Gasteiger charge is -2.08. The van der Waals surface area contributed by atoms with E-state index in [0.717, 1.165) is 34.5 Å². The smallest absolute Gasteiger partial charge is 0.305 e. The highest BCUT2D eigenvalue weighted by atomic mass is 32.2. The fourth-order valence-electron chi connectivity index (χ4n) is 2.41. The molecule has 10 nitrogen and oxygen atoms in total. The molecule has 1 atom stereocenters. The first-order valence-corrected chi connectivity index (χ1v) is 10.3. The van der Waals surface area contributed by atoms with Crippen molar-refractivity contribution in [1.82, 2.24) is 20.5 Å². The molecule has 2 heterocycles. The van der Waals surface area contributed by atoms with Crippen molar-refractivity contribution in [3.63, 3.8) is 0 Å². The van der Waals surface area contributed by atoms with E-state index in [1.54, 1.807) is 13.3 Å². The van der Waals surface area contributed by atoms with Crippen molar-refractivity contribution in [1.29, 1.82) is 0 Å². The highest BCUT2D eigenvalue weighted by molar-refractivity contribution is 8.15. The minimum Gasteiger partial charge on any atom is -0.496 e. The summed E-state index contributed by atoms with van der Waals surface area (Å²) in [6.07, 6.45) is 1.29. The summed E-state index contributed by atoms with van der Waals surface area (Å²) < 4.78 is 5.40. The lowest BCUT2D eigenvalue weighted by Crippen LogP contribution is -2.26. The van der Waals surface area contributed by atoms with Gasteiger partial charge in [-0.1, -0.05) is 23.5 Å². The van der Waals surface area contributed by atoms with Gasteiger partial charge in [0.15, 0.2) is 5.17 Å². The van der Waals surface area contributed by atoms with Crippen molar-refractivity contribution in [3.8, 4) is 5.75 Å². The van der Waals surface area contributed by atoms with Crippen LogP contribution in [0.2, 0.25) is 0 Å². The molecule has 1 unspecified atom stereocenters. The molecule has 0 saturated carbocycles. The van der Waals surface area contributed by atoms with E-state index in [2.05, 4.69) is 30.7 Å². The fourth-order valence-corrected chi connectivity index (χ4v) is 4.15. The van der Waals surface area contributed by atoms with Gasteiger partial charge in [-0.25, -0.2) is 4.98 Å². The Hall–Kier alpha value is -2.86. The predicted octanol–water partition coefficient (Wildman–Crippen LogP) is 1.81. The van der Waals surface area contributed by atoms with Crippen LogP contribution in [0.25, 0.3) is 0 Å². The molecule has 152 valence electrons. The van der Waals surface area contributed by atoms with Crippen molar-refractivity contribution in [3.05, 3.63) is 35.2 Å². The number of aliphatic carboxylic acids is 1. The molecular formula is C17H18N6O4S2. The maximum Gasteiger partial charge on any atom is 0.305 e. The minimum absolute atomic E-state index is 0.261. The molecule has 0 bridgehead atoms. The van der Waals surface area contributed by atoms with Gasteiger partial charge in [0.05, 0.1) is 19.7 Å². The molecule has 0 aliphatic carbocycles.